The number of thiophene rings is 1. The number of pyridine rings is 1. The highest BCUT2D eigenvalue weighted by Crippen LogP contribution is 2.30. The molecule has 1 aliphatic rings. The van der Waals surface area contributed by atoms with Crippen molar-refractivity contribution in [2.45, 2.75) is 25.9 Å². The van der Waals surface area contributed by atoms with Gasteiger partial charge in [0.1, 0.15) is 16.8 Å². The van der Waals surface area contributed by atoms with E-state index in [4.69, 9.17) is 27.9 Å². The summed E-state index contributed by atoms with van der Waals surface area (Å²) in [7, 11) is 0. The smallest absolute Gasteiger partial charge is 0.245 e. The number of aromatic nitrogens is 1. The Hall–Kier alpha value is -2.28. The van der Waals surface area contributed by atoms with Crippen molar-refractivity contribution in [2.75, 3.05) is 11.9 Å². The van der Waals surface area contributed by atoms with Crippen LogP contribution in [0.25, 0.3) is 0 Å². The number of benzene rings is 1. The molecule has 1 aromatic carbocycles. The molecule has 3 aromatic rings. The van der Waals surface area contributed by atoms with Crippen LogP contribution in [-0.2, 0) is 17.8 Å². The van der Waals surface area contributed by atoms with E-state index in [1.54, 1.807) is 29.5 Å². The minimum absolute atomic E-state index is 0.0966. The van der Waals surface area contributed by atoms with E-state index in [-0.39, 0.29) is 11.9 Å². The highest BCUT2D eigenvalue weighted by atomic mass is 35.5. The highest BCUT2D eigenvalue weighted by molar-refractivity contribution is 7.10. The first kappa shape index (κ1) is 20.0. The number of nitrogens with one attached hydrogen (secondary N) is 1. The van der Waals surface area contributed by atoms with Gasteiger partial charge in [0.2, 0.25) is 11.8 Å². The molecule has 8 heteroatoms. The molecule has 1 N–H and O–H groups in total. The Kier molecular flexibility index (Phi) is 5.94. The fourth-order valence-electron chi connectivity index (χ4n) is 3.23. The predicted molar refractivity (Wildman–Crippen MR) is 117 cm³/mol. The maximum atomic E-state index is 12.8. The van der Waals surface area contributed by atoms with Crippen LogP contribution < -0.4 is 10.1 Å². The lowest BCUT2D eigenvalue weighted by atomic mass is 10.1. The second-order valence-corrected chi connectivity index (χ2v) is 8.66. The zero-order chi connectivity index (χ0) is 20.4. The molecule has 0 radical (unpaired) electrons. The zero-order valence-electron chi connectivity index (χ0n) is 15.7. The highest BCUT2D eigenvalue weighted by Gasteiger charge is 2.25. The first-order chi connectivity index (χ1) is 14.0. The first-order valence-electron chi connectivity index (χ1n) is 9.19. The number of halogens is 2. The maximum Gasteiger partial charge on any atom is 0.245 e. The molecule has 0 unspecified atom stereocenters. The Morgan fingerprint density at radius 1 is 1.28 bits per heavy atom. The Balaban J connectivity index is 1.36. The van der Waals surface area contributed by atoms with Crippen molar-refractivity contribution in [3.63, 3.8) is 0 Å². The van der Waals surface area contributed by atoms with Gasteiger partial charge in [0, 0.05) is 29.9 Å². The van der Waals surface area contributed by atoms with Gasteiger partial charge in [-0.25, -0.2) is 4.98 Å². The van der Waals surface area contributed by atoms with Crippen LogP contribution in [0.2, 0.25) is 10.0 Å². The van der Waals surface area contributed by atoms with Crippen LogP contribution in [0, 0.1) is 0 Å². The molecular formula is C21H19Cl2N3O2S. The topological polar surface area (TPSA) is 54.5 Å². The number of amides is 1. The van der Waals surface area contributed by atoms with Gasteiger partial charge in [-0.2, -0.15) is 0 Å². The standard InChI is InChI=1S/C21H19Cl2N3O2S/c1-13(21(27)26-8-6-19-14(12-26)7-9-29-19)25-16-2-4-17(5-3-16)28-20-18(23)10-15(22)11-24-20/h2-5,7,9-11,13,25H,6,8,12H2,1H3/t13-/m0/s1. The summed E-state index contributed by atoms with van der Waals surface area (Å²) in [5.41, 5.74) is 2.10. The number of nitrogens with zero attached hydrogens (tertiary/aromatic N) is 2. The van der Waals surface area contributed by atoms with Gasteiger partial charge < -0.3 is 15.0 Å². The van der Waals surface area contributed by atoms with Crippen LogP contribution >= 0.6 is 34.5 Å². The van der Waals surface area contributed by atoms with E-state index < -0.39 is 0 Å². The summed E-state index contributed by atoms with van der Waals surface area (Å²) in [6.45, 7) is 3.33. The third-order valence-corrected chi connectivity index (χ3v) is 6.22. The molecule has 0 fully saturated rings. The average molecular weight is 448 g/mol. The number of anilines is 1. The minimum Gasteiger partial charge on any atom is -0.438 e. The van der Waals surface area contributed by atoms with Crippen LogP contribution in [0.5, 0.6) is 11.6 Å². The van der Waals surface area contributed by atoms with Gasteiger partial charge in [-0.15, -0.1) is 11.3 Å². The molecule has 29 heavy (non-hydrogen) atoms. The van der Waals surface area contributed by atoms with E-state index in [0.717, 1.165) is 18.7 Å². The summed E-state index contributed by atoms with van der Waals surface area (Å²) in [4.78, 5) is 20.2. The van der Waals surface area contributed by atoms with E-state index in [1.165, 1.54) is 16.6 Å². The lowest BCUT2D eigenvalue weighted by Gasteiger charge is -2.30. The largest absolute Gasteiger partial charge is 0.438 e. The fraction of sp³-hybridized carbons (Fsp3) is 0.238. The Morgan fingerprint density at radius 2 is 2.07 bits per heavy atom. The number of carbonyl (C=O) groups excluding carboxylic acids is 1. The molecule has 3 heterocycles. The van der Waals surface area contributed by atoms with Crippen molar-refractivity contribution in [2.24, 2.45) is 0 Å². The molecule has 2 aromatic heterocycles. The number of hydrogen-bond acceptors (Lipinski definition) is 5. The summed E-state index contributed by atoms with van der Waals surface area (Å²) in [5.74, 6) is 0.977. The van der Waals surface area contributed by atoms with Gasteiger partial charge in [-0.05, 0) is 60.7 Å². The first-order valence-corrected chi connectivity index (χ1v) is 10.8. The average Bonchev–Trinajstić information content (AvgIpc) is 3.18. The molecule has 1 atom stereocenters. The Labute approximate surface area is 183 Å². The molecule has 0 spiro atoms. The van der Waals surface area contributed by atoms with Crippen molar-refractivity contribution in [3.05, 3.63) is 68.5 Å². The third kappa shape index (κ3) is 4.66. The third-order valence-electron chi connectivity index (χ3n) is 4.72. The summed E-state index contributed by atoms with van der Waals surface area (Å²) in [5, 5.41) is 6.15. The van der Waals surface area contributed by atoms with Crippen LogP contribution in [0.15, 0.2) is 48.0 Å². The summed E-state index contributed by atoms with van der Waals surface area (Å²) in [6.07, 6.45) is 2.41. The monoisotopic (exact) mass is 447 g/mol. The second-order valence-electron chi connectivity index (χ2n) is 6.81. The van der Waals surface area contributed by atoms with Gasteiger partial charge in [0.25, 0.3) is 0 Å². The van der Waals surface area contributed by atoms with E-state index in [1.807, 2.05) is 24.0 Å². The van der Waals surface area contributed by atoms with Gasteiger partial charge >= 0.3 is 0 Å². The predicted octanol–water partition coefficient (Wildman–Crippen LogP) is 5.63. The lowest BCUT2D eigenvalue weighted by molar-refractivity contribution is -0.132. The summed E-state index contributed by atoms with van der Waals surface area (Å²) in [6, 6.07) is 10.7. The van der Waals surface area contributed by atoms with Gasteiger partial charge in [-0.1, -0.05) is 23.2 Å². The Bertz CT molecular complexity index is 1020. The van der Waals surface area contributed by atoms with Crippen LogP contribution in [0.4, 0.5) is 5.69 Å². The van der Waals surface area contributed by atoms with Crippen molar-refractivity contribution >= 4 is 46.1 Å². The van der Waals surface area contributed by atoms with Crippen LogP contribution in [0.3, 0.4) is 0 Å². The lowest BCUT2D eigenvalue weighted by Crippen LogP contribution is -2.43. The van der Waals surface area contributed by atoms with Crippen LogP contribution in [-0.4, -0.2) is 28.4 Å². The number of ether oxygens (including phenoxy) is 1. The van der Waals surface area contributed by atoms with E-state index in [9.17, 15) is 4.79 Å². The number of carbonyl (C=O) groups is 1. The molecule has 0 saturated carbocycles. The number of fused-ring (bicyclic) bond motifs is 1. The summed E-state index contributed by atoms with van der Waals surface area (Å²) >= 11 is 13.7. The molecule has 1 amide bonds. The SMILES string of the molecule is C[C@H](Nc1ccc(Oc2ncc(Cl)cc2Cl)cc1)C(=O)N1CCc2sccc2C1. The number of hydrogen-bond donors (Lipinski definition) is 1. The van der Waals surface area contributed by atoms with Gasteiger partial charge in [0.05, 0.1) is 5.02 Å². The van der Waals surface area contributed by atoms with E-state index in [2.05, 4.69) is 21.7 Å². The summed E-state index contributed by atoms with van der Waals surface area (Å²) < 4.78 is 5.69. The molecular weight excluding hydrogens is 429 g/mol. The Morgan fingerprint density at radius 3 is 2.83 bits per heavy atom. The number of rotatable bonds is 5. The molecule has 0 saturated heterocycles. The maximum absolute atomic E-state index is 12.8. The minimum atomic E-state index is -0.325. The molecule has 0 bridgehead atoms. The molecule has 5 nitrogen and oxygen atoms in total. The van der Waals surface area contributed by atoms with Crippen molar-refractivity contribution in [1.29, 1.82) is 0 Å². The molecule has 4 rings (SSSR count). The molecule has 0 aliphatic carbocycles. The van der Waals surface area contributed by atoms with E-state index in [0.29, 0.717) is 28.2 Å². The quantitative estimate of drug-likeness (QED) is 0.550. The van der Waals surface area contributed by atoms with Gasteiger partial charge in [-0.3, -0.25) is 4.79 Å². The van der Waals surface area contributed by atoms with Crippen molar-refractivity contribution < 1.29 is 9.53 Å². The van der Waals surface area contributed by atoms with E-state index >= 15 is 0 Å². The van der Waals surface area contributed by atoms with Crippen molar-refractivity contribution in [1.82, 2.24) is 9.88 Å². The van der Waals surface area contributed by atoms with Crippen molar-refractivity contribution in [3.8, 4) is 11.6 Å². The van der Waals surface area contributed by atoms with Gasteiger partial charge in [0.15, 0.2) is 0 Å². The molecule has 150 valence electrons. The second kappa shape index (κ2) is 8.61. The fourth-order valence-corrected chi connectivity index (χ4v) is 4.54. The normalized spacial score (nSPS) is 14.2. The zero-order valence-corrected chi connectivity index (χ0v) is 18.0. The molecule has 1 aliphatic heterocycles. The van der Waals surface area contributed by atoms with Crippen LogP contribution in [0.1, 0.15) is 17.4 Å².